The van der Waals surface area contributed by atoms with Crippen LogP contribution in [-0.4, -0.2) is 21.1 Å². The van der Waals surface area contributed by atoms with Gasteiger partial charge in [-0.3, -0.25) is 4.57 Å². The smallest absolute Gasteiger partial charge is 0.164 e. The van der Waals surface area contributed by atoms with Crippen molar-refractivity contribution in [3.8, 4) is 11.4 Å². The number of rotatable bonds is 6. The van der Waals surface area contributed by atoms with E-state index in [1.54, 1.807) is 0 Å². The first-order valence-corrected chi connectivity index (χ1v) is 9.84. The lowest BCUT2D eigenvalue weighted by Gasteiger charge is -2.13. The largest absolute Gasteiger partial charge is 0.494 e. The lowest BCUT2D eigenvalue weighted by molar-refractivity contribution is 0.340. The topological polar surface area (TPSA) is 39.9 Å². The summed E-state index contributed by atoms with van der Waals surface area (Å²) in [6, 6.07) is 19.0. The molecule has 0 saturated heterocycles. The second-order valence-corrected chi connectivity index (χ2v) is 6.97. The maximum Gasteiger partial charge on any atom is 0.164 e. The Hall–Kier alpha value is -3.14. The molecule has 4 nitrogen and oxygen atoms in total. The first kappa shape index (κ1) is 18.2. The maximum absolute atomic E-state index is 5.52. The van der Waals surface area contributed by atoms with Crippen LogP contribution in [0.4, 0.5) is 0 Å². The Bertz CT molecular complexity index is 1070. The van der Waals surface area contributed by atoms with Crippen LogP contribution in [0, 0.1) is 0 Å². The first-order valence-electron chi connectivity index (χ1n) is 9.84. The highest BCUT2D eigenvalue weighted by Gasteiger charge is 2.13. The van der Waals surface area contributed by atoms with Crippen LogP contribution < -0.4 is 4.74 Å². The van der Waals surface area contributed by atoms with Gasteiger partial charge in [-0.15, -0.1) is 0 Å². The molecular formula is C24H25N3O. The molecule has 1 unspecified atom stereocenters. The van der Waals surface area contributed by atoms with Gasteiger partial charge in [0.05, 0.1) is 6.61 Å². The highest BCUT2D eigenvalue weighted by atomic mass is 16.5. The Morgan fingerprint density at radius 1 is 0.929 bits per heavy atom. The van der Waals surface area contributed by atoms with Crippen LogP contribution in [-0.2, 0) is 6.42 Å². The second-order valence-electron chi connectivity index (χ2n) is 6.97. The van der Waals surface area contributed by atoms with Gasteiger partial charge >= 0.3 is 0 Å². The van der Waals surface area contributed by atoms with Crippen LogP contribution in [0.25, 0.3) is 16.9 Å². The van der Waals surface area contributed by atoms with Gasteiger partial charge in [-0.25, -0.2) is 9.97 Å². The van der Waals surface area contributed by atoms with Crippen LogP contribution >= 0.6 is 0 Å². The Morgan fingerprint density at radius 2 is 1.68 bits per heavy atom. The van der Waals surface area contributed by atoms with Crippen LogP contribution in [0.5, 0.6) is 5.75 Å². The quantitative estimate of drug-likeness (QED) is 0.447. The monoisotopic (exact) mass is 371 g/mol. The molecule has 0 aliphatic rings. The minimum atomic E-state index is 0.276. The first-order chi connectivity index (χ1) is 13.7. The van der Waals surface area contributed by atoms with Crippen LogP contribution in [0.1, 0.15) is 43.4 Å². The minimum absolute atomic E-state index is 0.276. The van der Waals surface area contributed by atoms with E-state index in [1.165, 1.54) is 16.7 Å². The molecule has 2 aromatic carbocycles. The summed E-state index contributed by atoms with van der Waals surface area (Å²) < 4.78 is 7.53. The fraction of sp³-hybridized carbons (Fsp3) is 0.250. The van der Waals surface area contributed by atoms with Gasteiger partial charge in [-0.1, -0.05) is 38.1 Å². The van der Waals surface area contributed by atoms with E-state index in [0.717, 1.165) is 29.0 Å². The zero-order valence-electron chi connectivity index (χ0n) is 16.6. The molecule has 1 atom stereocenters. The number of hydrogen-bond acceptors (Lipinski definition) is 3. The number of nitrogens with zero attached hydrogens (tertiary/aromatic N) is 3. The molecule has 4 rings (SSSR count). The summed E-state index contributed by atoms with van der Waals surface area (Å²) in [5, 5.41) is 0. The molecule has 28 heavy (non-hydrogen) atoms. The van der Waals surface area contributed by atoms with Crippen LogP contribution in [0.2, 0.25) is 0 Å². The van der Waals surface area contributed by atoms with Gasteiger partial charge in [0.1, 0.15) is 17.6 Å². The second kappa shape index (κ2) is 7.85. The van der Waals surface area contributed by atoms with Gasteiger partial charge in [0.2, 0.25) is 0 Å². The van der Waals surface area contributed by atoms with E-state index in [9.17, 15) is 0 Å². The number of benzene rings is 2. The number of imidazole rings is 1. The third kappa shape index (κ3) is 3.50. The third-order valence-electron chi connectivity index (χ3n) is 5.22. The molecule has 4 heteroatoms. The molecule has 4 aromatic rings. The lowest BCUT2D eigenvalue weighted by Crippen LogP contribution is -1.99. The highest BCUT2D eigenvalue weighted by molar-refractivity contribution is 5.74. The molecule has 0 bridgehead atoms. The number of aromatic nitrogens is 3. The molecular weight excluding hydrogens is 346 g/mol. The standard InChI is InChI=1S/C24H25N3O/c1-4-18-6-8-19(9-7-18)17(3)20-14-23-24(25-15-20)27(16-26-23)21-10-12-22(13-11-21)28-5-2/h6-17H,4-5H2,1-3H3. The zero-order chi connectivity index (χ0) is 19.5. The Labute approximate surface area is 165 Å². The molecule has 2 heterocycles. The van der Waals surface area contributed by atoms with E-state index in [0.29, 0.717) is 6.61 Å². The van der Waals surface area contributed by atoms with Crippen molar-refractivity contribution in [2.24, 2.45) is 0 Å². The van der Waals surface area contributed by atoms with Gasteiger partial charge in [-0.05, 0) is 60.4 Å². The summed E-state index contributed by atoms with van der Waals surface area (Å²) in [5.74, 6) is 1.15. The van der Waals surface area contributed by atoms with Crippen molar-refractivity contribution in [1.82, 2.24) is 14.5 Å². The van der Waals surface area contributed by atoms with E-state index < -0.39 is 0 Å². The summed E-state index contributed by atoms with van der Waals surface area (Å²) in [4.78, 5) is 9.31. The fourth-order valence-electron chi connectivity index (χ4n) is 3.45. The SMILES string of the molecule is CCOc1ccc(-n2cnc3cc(C(C)c4ccc(CC)cc4)cnc32)cc1. The molecule has 0 amide bonds. The average molecular weight is 371 g/mol. The van der Waals surface area contributed by atoms with Gasteiger partial charge in [0.25, 0.3) is 0 Å². The predicted octanol–water partition coefficient (Wildman–Crippen LogP) is 5.53. The van der Waals surface area contributed by atoms with Gasteiger partial charge < -0.3 is 4.74 Å². The molecule has 0 saturated carbocycles. The van der Waals surface area contributed by atoms with Crippen molar-refractivity contribution >= 4 is 11.2 Å². The van der Waals surface area contributed by atoms with E-state index in [2.05, 4.69) is 49.2 Å². The molecule has 2 aromatic heterocycles. The number of ether oxygens (including phenoxy) is 1. The number of hydrogen-bond donors (Lipinski definition) is 0. The third-order valence-corrected chi connectivity index (χ3v) is 5.22. The van der Waals surface area contributed by atoms with E-state index in [4.69, 9.17) is 9.72 Å². The number of pyridine rings is 1. The van der Waals surface area contributed by atoms with E-state index in [-0.39, 0.29) is 5.92 Å². The molecule has 0 N–H and O–H groups in total. The summed E-state index contributed by atoms with van der Waals surface area (Å²) in [6.07, 6.45) is 4.86. The summed E-state index contributed by atoms with van der Waals surface area (Å²) in [7, 11) is 0. The number of aryl methyl sites for hydroxylation is 1. The van der Waals surface area contributed by atoms with Crippen molar-refractivity contribution in [2.75, 3.05) is 6.61 Å². The number of fused-ring (bicyclic) bond motifs is 1. The van der Waals surface area contributed by atoms with Gasteiger partial charge in [0, 0.05) is 17.8 Å². The van der Waals surface area contributed by atoms with Crippen molar-refractivity contribution in [3.05, 3.63) is 83.8 Å². The molecule has 0 radical (unpaired) electrons. The van der Waals surface area contributed by atoms with E-state index in [1.807, 2.05) is 48.3 Å². The molecule has 142 valence electrons. The molecule has 0 spiro atoms. The minimum Gasteiger partial charge on any atom is -0.494 e. The summed E-state index contributed by atoms with van der Waals surface area (Å²) in [6.45, 7) is 7.04. The Balaban J connectivity index is 1.63. The fourth-order valence-corrected chi connectivity index (χ4v) is 3.45. The van der Waals surface area contributed by atoms with Crippen molar-refractivity contribution in [1.29, 1.82) is 0 Å². The van der Waals surface area contributed by atoms with Gasteiger partial charge in [0.15, 0.2) is 5.65 Å². The van der Waals surface area contributed by atoms with E-state index >= 15 is 0 Å². The Morgan fingerprint density at radius 3 is 2.36 bits per heavy atom. The summed E-state index contributed by atoms with van der Waals surface area (Å²) >= 11 is 0. The average Bonchev–Trinajstić information content (AvgIpc) is 3.17. The predicted molar refractivity (Wildman–Crippen MR) is 113 cm³/mol. The van der Waals surface area contributed by atoms with Crippen molar-refractivity contribution < 1.29 is 4.74 Å². The normalized spacial score (nSPS) is 12.2. The highest BCUT2D eigenvalue weighted by Crippen LogP contribution is 2.27. The molecule has 0 fully saturated rings. The molecule has 0 aliphatic heterocycles. The zero-order valence-corrected chi connectivity index (χ0v) is 16.6. The van der Waals surface area contributed by atoms with Gasteiger partial charge in [-0.2, -0.15) is 0 Å². The van der Waals surface area contributed by atoms with Crippen molar-refractivity contribution in [3.63, 3.8) is 0 Å². The van der Waals surface area contributed by atoms with Crippen LogP contribution in [0.3, 0.4) is 0 Å². The van der Waals surface area contributed by atoms with Crippen molar-refractivity contribution in [2.45, 2.75) is 33.1 Å². The lowest BCUT2D eigenvalue weighted by atomic mass is 9.93. The molecule has 0 aliphatic carbocycles. The maximum atomic E-state index is 5.52. The summed E-state index contributed by atoms with van der Waals surface area (Å²) in [5.41, 5.74) is 6.62. The Kier molecular flexibility index (Phi) is 5.11. The van der Waals surface area contributed by atoms with Crippen LogP contribution in [0.15, 0.2) is 67.1 Å².